The molecule has 216 valence electrons. The first-order chi connectivity index (χ1) is 19.0. The molecule has 4 rings (SSSR count). The number of ether oxygens (including phenoxy) is 2. The molecule has 0 fully saturated rings. The van der Waals surface area contributed by atoms with Crippen LogP contribution in [0, 0.1) is 12.3 Å². The smallest absolute Gasteiger partial charge is 0.312 e. The van der Waals surface area contributed by atoms with Crippen LogP contribution in [0.15, 0.2) is 53.6 Å². The molecule has 1 aliphatic rings. The Hall–Kier alpha value is -3.28. The van der Waals surface area contributed by atoms with Gasteiger partial charge in [-0.15, -0.1) is 5.10 Å². The number of aromatic nitrogens is 3. The predicted molar refractivity (Wildman–Crippen MR) is 149 cm³/mol. The van der Waals surface area contributed by atoms with Crippen molar-refractivity contribution < 1.29 is 27.8 Å². The van der Waals surface area contributed by atoms with Gasteiger partial charge < -0.3 is 14.6 Å². The first-order valence-electron chi connectivity index (χ1n) is 13.6. The number of carboxylic acid groups (broad SMARTS) is 1. The largest absolute Gasteiger partial charge is 0.488 e. The molecule has 0 bridgehead atoms. The maximum atomic E-state index is 13.7. The molecule has 2 atom stereocenters. The van der Waals surface area contributed by atoms with Crippen molar-refractivity contribution in [1.29, 1.82) is 0 Å². The van der Waals surface area contributed by atoms with Gasteiger partial charge >= 0.3 is 5.97 Å². The maximum Gasteiger partial charge on any atom is 0.312 e. The van der Waals surface area contributed by atoms with Crippen LogP contribution < -0.4 is 4.74 Å². The molecular weight excluding hydrogens is 532 g/mol. The van der Waals surface area contributed by atoms with E-state index in [9.17, 15) is 18.3 Å². The second-order valence-corrected chi connectivity index (χ2v) is 12.7. The van der Waals surface area contributed by atoms with E-state index in [1.54, 1.807) is 49.0 Å². The molecule has 10 nitrogen and oxygen atoms in total. The Kier molecular flexibility index (Phi) is 8.96. The molecule has 11 heteroatoms. The van der Waals surface area contributed by atoms with Crippen molar-refractivity contribution in [3.8, 4) is 5.75 Å². The van der Waals surface area contributed by atoms with Crippen LogP contribution in [-0.4, -0.2) is 51.4 Å². The molecule has 2 aromatic carbocycles. The molecule has 0 saturated heterocycles. The molecule has 0 aliphatic carbocycles. The van der Waals surface area contributed by atoms with Crippen LogP contribution >= 0.6 is 0 Å². The van der Waals surface area contributed by atoms with Crippen molar-refractivity contribution in [2.75, 3.05) is 6.54 Å². The van der Waals surface area contributed by atoms with Gasteiger partial charge in [0.1, 0.15) is 22.4 Å². The normalized spacial score (nSPS) is 18.0. The number of aryl methyl sites for hydroxylation is 2. The van der Waals surface area contributed by atoms with Crippen LogP contribution in [0.25, 0.3) is 0 Å². The lowest BCUT2D eigenvalue weighted by Crippen LogP contribution is -2.36. The van der Waals surface area contributed by atoms with Crippen LogP contribution in [0.5, 0.6) is 5.75 Å². The standard InChI is InChI=1S/C29H38N4O6S/c1-6-14-32-17-23(30-31-32)19-38-27(29(4,5)28(34)35)21-13-12-20(3)22(15-21)16-33-18-24(7-2)39-25-10-8-9-11-26(25)40(33,36)37/h8-13,15,17,24,27H,6-7,14,16,18-19H2,1-5H3,(H,34,35)/t24-,27-/m1/s1. The summed E-state index contributed by atoms with van der Waals surface area (Å²) in [5, 5.41) is 18.3. The number of benzene rings is 2. The zero-order valence-electron chi connectivity index (χ0n) is 23.7. The number of sulfonamides is 1. The molecule has 3 aromatic rings. The maximum absolute atomic E-state index is 13.7. The van der Waals surface area contributed by atoms with Gasteiger partial charge in [-0.1, -0.05) is 49.4 Å². The zero-order valence-corrected chi connectivity index (χ0v) is 24.5. The lowest BCUT2D eigenvalue weighted by Gasteiger charge is -2.31. The molecule has 2 heterocycles. The van der Waals surface area contributed by atoms with Gasteiger partial charge in [-0.05, 0) is 62.4 Å². The molecule has 0 saturated carbocycles. The van der Waals surface area contributed by atoms with E-state index in [4.69, 9.17) is 9.47 Å². The van der Waals surface area contributed by atoms with E-state index in [-0.39, 0.29) is 30.7 Å². The number of hydrogen-bond acceptors (Lipinski definition) is 7. The summed E-state index contributed by atoms with van der Waals surface area (Å²) in [4.78, 5) is 12.4. The fraction of sp³-hybridized carbons (Fsp3) is 0.483. The van der Waals surface area contributed by atoms with Crippen LogP contribution in [0.4, 0.5) is 0 Å². The molecule has 1 N–H and O–H groups in total. The summed E-state index contributed by atoms with van der Waals surface area (Å²) < 4.78 is 42.8. The number of rotatable bonds is 11. The molecule has 0 amide bonds. The monoisotopic (exact) mass is 570 g/mol. The number of fused-ring (bicyclic) bond motifs is 1. The fourth-order valence-electron chi connectivity index (χ4n) is 4.76. The highest BCUT2D eigenvalue weighted by Crippen LogP contribution is 2.39. The number of carbonyl (C=O) groups is 1. The number of para-hydroxylation sites is 1. The molecular formula is C29H38N4O6S. The molecule has 0 unspecified atom stereocenters. The number of hydrogen-bond donors (Lipinski definition) is 1. The summed E-state index contributed by atoms with van der Waals surface area (Å²) in [7, 11) is -3.84. The second-order valence-electron chi connectivity index (χ2n) is 10.8. The third kappa shape index (κ3) is 6.21. The lowest BCUT2D eigenvalue weighted by molar-refractivity contribution is -0.158. The van der Waals surface area contributed by atoms with Gasteiger partial charge in [-0.3, -0.25) is 9.48 Å². The molecule has 1 aromatic heterocycles. The van der Waals surface area contributed by atoms with Gasteiger partial charge in [0, 0.05) is 13.1 Å². The van der Waals surface area contributed by atoms with Gasteiger partial charge in [0.25, 0.3) is 0 Å². The summed E-state index contributed by atoms with van der Waals surface area (Å²) in [6, 6.07) is 12.3. The van der Waals surface area contributed by atoms with Gasteiger partial charge in [0.15, 0.2) is 0 Å². The van der Waals surface area contributed by atoms with Crippen molar-refractivity contribution in [2.24, 2.45) is 5.41 Å². The minimum absolute atomic E-state index is 0.0844. The van der Waals surface area contributed by atoms with E-state index in [2.05, 4.69) is 10.3 Å². The predicted octanol–water partition coefficient (Wildman–Crippen LogP) is 4.73. The van der Waals surface area contributed by atoms with Crippen LogP contribution in [0.3, 0.4) is 0 Å². The Bertz CT molecular complexity index is 1450. The number of aliphatic carboxylic acids is 1. The first kappa shape index (κ1) is 29.7. The van der Waals surface area contributed by atoms with E-state index < -0.39 is 27.5 Å². The quantitative estimate of drug-likeness (QED) is 0.351. The highest BCUT2D eigenvalue weighted by atomic mass is 32.2. The summed E-state index contributed by atoms with van der Waals surface area (Å²) in [6.45, 7) is 10.3. The highest BCUT2D eigenvalue weighted by Gasteiger charge is 2.40. The van der Waals surface area contributed by atoms with Crippen LogP contribution in [0.1, 0.15) is 69.0 Å². The first-order valence-corrected chi connectivity index (χ1v) is 15.0. The van der Waals surface area contributed by atoms with Crippen molar-refractivity contribution in [1.82, 2.24) is 19.3 Å². The van der Waals surface area contributed by atoms with Crippen molar-refractivity contribution >= 4 is 16.0 Å². The Morgan fingerprint density at radius 1 is 1.23 bits per heavy atom. The molecule has 40 heavy (non-hydrogen) atoms. The van der Waals surface area contributed by atoms with E-state index in [1.807, 2.05) is 39.0 Å². The molecule has 0 radical (unpaired) electrons. The fourth-order valence-corrected chi connectivity index (χ4v) is 6.33. The Balaban J connectivity index is 1.67. The average Bonchev–Trinajstić information content (AvgIpc) is 3.32. The van der Waals surface area contributed by atoms with Crippen molar-refractivity contribution in [3.05, 3.63) is 71.0 Å². The van der Waals surface area contributed by atoms with Crippen LogP contribution in [-0.2, 0) is 39.3 Å². The van der Waals surface area contributed by atoms with Gasteiger partial charge in [-0.25, -0.2) is 8.42 Å². The highest BCUT2D eigenvalue weighted by molar-refractivity contribution is 7.89. The van der Waals surface area contributed by atoms with E-state index in [1.165, 1.54) is 4.31 Å². The summed E-state index contributed by atoms with van der Waals surface area (Å²) in [6.07, 6.45) is 2.22. The third-order valence-electron chi connectivity index (χ3n) is 7.29. The van der Waals surface area contributed by atoms with E-state index in [0.29, 0.717) is 23.4 Å². The minimum atomic E-state index is -3.84. The second kappa shape index (κ2) is 12.1. The SMILES string of the molecule is CCCn1cc(CO[C@H](c2ccc(C)c(CN3C[C@@H](CC)Oc4ccccc4S3(=O)=O)c2)C(C)(C)C(=O)O)nn1. The van der Waals surface area contributed by atoms with E-state index in [0.717, 1.165) is 24.1 Å². The Labute approximate surface area is 236 Å². The van der Waals surface area contributed by atoms with Crippen LogP contribution in [0.2, 0.25) is 0 Å². The van der Waals surface area contributed by atoms with Gasteiger partial charge in [0.05, 0.1) is 30.9 Å². The minimum Gasteiger partial charge on any atom is -0.488 e. The van der Waals surface area contributed by atoms with Gasteiger partial charge in [0.2, 0.25) is 10.0 Å². The Morgan fingerprint density at radius 2 is 1.98 bits per heavy atom. The van der Waals surface area contributed by atoms with Crippen molar-refractivity contribution in [2.45, 2.75) is 84.3 Å². The number of nitrogens with zero attached hydrogens (tertiary/aromatic N) is 4. The van der Waals surface area contributed by atoms with E-state index >= 15 is 0 Å². The van der Waals surface area contributed by atoms with Gasteiger partial charge in [-0.2, -0.15) is 4.31 Å². The average molecular weight is 571 g/mol. The summed E-state index contributed by atoms with van der Waals surface area (Å²) in [5.41, 5.74) is 1.62. The topological polar surface area (TPSA) is 124 Å². The number of carboxylic acids is 1. The summed E-state index contributed by atoms with van der Waals surface area (Å²) >= 11 is 0. The molecule has 1 aliphatic heterocycles. The third-order valence-corrected chi connectivity index (χ3v) is 9.14. The summed E-state index contributed by atoms with van der Waals surface area (Å²) in [5.74, 6) is -0.654. The Morgan fingerprint density at radius 3 is 2.67 bits per heavy atom. The lowest BCUT2D eigenvalue weighted by atomic mass is 9.81. The van der Waals surface area contributed by atoms with Crippen molar-refractivity contribution in [3.63, 3.8) is 0 Å². The zero-order chi connectivity index (χ0) is 29.1. The molecule has 0 spiro atoms.